The fourth-order valence-corrected chi connectivity index (χ4v) is 2.95. The summed E-state index contributed by atoms with van der Waals surface area (Å²) in [4.78, 5) is 26.4. The predicted octanol–water partition coefficient (Wildman–Crippen LogP) is 1.73. The number of aromatic nitrogens is 1. The number of aliphatic carboxylic acids is 1. The molecule has 0 unspecified atom stereocenters. The van der Waals surface area contributed by atoms with Gasteiger partial charge in [-0.25, -0.2) is 13.1 Å². The molecule has 1 aromatic heterocycles. The van der Waals surface area contributed by atoms with Crippen LogP contribution in [0, 0.1) is 0 Å². The monoisotopic (exact) mass is 360 g/mol. The molecule has 0 amide bonds. The maximum absolute atomic E-state index is 12.1. The standard InChI is InChI=1S/C17H16N2O5S/c20-16(8-3-13-2-1-10-18-12-13)14-4-6-15(7-5-14)25(23,24)19-11-9-17(21)22/h1-8,10,12,19H,9,11H2,(H,21,22)/b8-3+. The number of carbonyl (C=O) groups excluding carboxylic acids is 1. The van der Waals surface area contributed by atoms with Crippen molar-refractivity contribution in [3.8, 4) is 0 Å². The summed E-state index contributed by atoms with van der Waals surface area (Å²) in [5.74, 6) is -1.37. The number of hydrogen-bond acceptors (Lipinski definition) is 5. The Bertz CT molecular complexity index is 875. The topological polar surface area (TPSA) is 113 Å². The van der Waals surface area contributed by atoms with Gasteiger partial charge in [-0.15, -0.1) is 0 Å². The lowest BCUT2D eigenvalue weighted by Crippen LogP contribution is -2.26. The Morgan fingerprint density at radius 3 is 2.48 bits per heavy atom. The molecule has 0 aliphatic carbocycles. The van der Waals surface area contributed by atoms with E-state index in [1.54, 1.807) is 30.6 Å². The van der Waals surface area contributed by atoms with Crippen LogP contribution in [-0.2, 0) is 14.8 Å². The van der Waals surface area contributed by atoms with Gasteiger partial charge in [-0.05, 0) is 48.0 Å². The van der Waals surface area contributed by atoms with E-state index in [9.17, 15) is 18.0 Å². The molecule has 0 aliphatic rings. The van der Waals surface area contributed by atoms with Gasteiger partial charge < -0.3 is 5.11 Å². The molecule has 8 heteroatoms. The fourth-order valence-electron chi connectivity index (χ4n) is 1.92. The third-order valence-electron chi connectivity index (χ3n) is 3.19. The summed E-state index contributed by atoms with van der Waals surface area (Å²) in [5, 5.41) is 8.53. The molecular formula is C17H16N2O5S. The van der Waals surface area contributed by atoms with E-state index in [4.69, 9.17) is 5.11 Å². The van der Waals surface area contributed by atoms with Crippen molar-refractivity contribution in [1.29, 1.82) is 0 Å². The number of sulfonamides is 1. The molecule has 0 atom stereocenters. The first kappa shape index (κ1) is 18.5. The molecule has 1 aromatic carbocycles. The number of nitrogens with zero attached hydrogens (tertiary/aromatic N) is 1. The van der Waals surface area contributed by atoms with E-state index in [0.29, 0.717) is 5.56 Å². The molecule has 0 spiro atoms. The number of ketones is 1. The molecule has 0 radical (unpaired) electrons. The van der Waals surface area contributed by atoms with Gasteiger partial charge >= 0.3 is 5.97 Å². The van der Waals surface area contributed by atoms with Crippen LogP contribution >= 0.6 is 0 Å². The zero-order valence-electron chi connectivity index (χ0n) is 13.1. The number of carboxylic acid groups (broad SMARTS) is 1. The Balaban J connectivity index is 2.05. The van der Waals surface area contributed by atoms with Crippen molar-refractivity contribution in [2.75, 3.05) is 6.54 Å². The van der Waals surface area contributed by atoms with Gasteiger partial charge in [0.1, 0.15) is 0 Å². The number of carbonyl (C=O) groups is 2. The Kier molecular flexibility index (Phi) is 6.15. The van der Waals surface area contributed by atoms with Crippen LogP contribution < -0.4 is 4.72 Å². The predicted molar refractivity (Wildman–Crippen MR) is 91.5 cm³/mol. The highest BCUT2D eigenvalue weighted by atomic mass is 32.2. The number of pyridine rings is 1. The van der Waals surface area contributed by atoms with Crippen LogP contribution in [0.15, 0.2) is 59.8 Å². The first-order valence-electron chi connectivity index (χ1n) is 7.32. The van der Waals surface area contributed by atoms with Gasteiger partial charge in [0.25, 0.3) is 0 Å². The largest absolute Gasteiger partial charge is 0.481 e. The van der Waals surface area contributed by atoms with Crippen molar-refractivity contribution >= 4 is 27.9 Å². The molecule has 1 heterocycles. The van der Waals surface area contributed by atoms with Gasteiger partial charge in [0, 0.05) is 24.5 Å². The van der Waals surface area contributed by atoms with Gasteiger partial charge in [-0.1, -0.05) is 6.07 Å². The SMILES string of the molecule is O=C(O)CCNS(=O)(=O)c1ccc(C(=O)/C=C/c2cccnc2)cc1. The molecule has 130 valence electrons. The lowest BCUT2D eigenvalue weighted by atomic mass is 10.1. The molecule has 7 nitrogen and oxygen atoms in total. The summed E-state index contributed by atoms with van der Waals surface area (Å²) >= 11 is 0. The Hall–Kier alpha value is -2.84. The zero-order chi connectivity index (χ0) is 18.3. The Morgan fingerprint density at radius 1 is 1.16 bits per heavy atom. The van der Waals surface area contributed by atoms with Gasteiger partial charge in [0.15, 0.2) is 5.78 Å². The van der Waals surface area contributed by atoms with Gasteiger partial charge in [0.05, 0.1) is 11.3 Å². The highest BCUT2D eigenvalue weighted by Gasteiger charge is 2.14. The average Bonchev–Trinajstić information content (AvgIpc) is 2.60. The molecule has 2 N–H and O–H groups in total. The summed E-state index contributed by atoms with van der Waals surface area (Å²) in [6.45, 7) is -0.202. The molecule has 2 aromatic rings. The van der Waals surface area contributed by atoms with Gasteiger partial charge in [-0.2, -0.15) is 0 Å². The van der Waals surface area contributed by atoms with Crippen LogP contribution in [0.1, 0.15) is 22.3 Å². The minimum atomic E-state index is -3.80. The van der Waals surface area contributed by atoms with Gasteiger partial charge in [-0.3, -0.25) is 14.6 Å². The molecule has 2 rings (SSSR count). The first-order chi connectivity index (χ1) is 11.9. The van der Waals surface area contributed by atoms with Crippen LogP contribution in [0.2, 0.25) is 0 Å². The summed E-state index contributed by atoms with van der Waals surface area (Å²) in [7, 11) is -3.80. The summed E-state index contributed by atoms with van der Waals surface area (Å²) < 4.78 is 26.2. The highest BCUT2D eigenvalue weighted by molar-refractivity contribution is 7.89. The molecule has 0 fully saturated rings. The summed E-state index contributed by atoms with van der Waals surface area (Å²) in [6.07, 6.45) is 5.93. The first-order valence-corrected chi connectivity index (χ1v) is 8.81. The van der Waals surface area contributed by atoms with E-state index < -0.39 is 16.0 Å². The third kappa shape index (κ3) is 5.63. The number of hydrogen-bond donors (Lipinski definition) is 2. The molecule has 0 bridgehead atoms. The minimum absolute atomic E-state index is 0.0364. The Morgan fingerprint density at radius 2 is 1.88 bits per heavy atom. The van der Waals surface area contributed by atoms with Crippen LogP contribution in [0.3, 0.4) is 0 Å². The lowest BCUT2D eigenvalue weighted by molar-refractivity contribution is -0.136. The van der Waals surface area contributed by atoms with E-state index in [2.05, 4.69) is 9.71 Å². The van der Waals surface area contributed by atoms with E-state index >= 15 is 0 Å². The number of rotatable bonds is 8. The van der Waals surface area contributed by atoms with Crippen molar-refractivity contribution in [2.45, 2.75) is 11.3 Å². The number of carboxylic acids is 1. The smallest absolute Gasteiger partial charge is 0.304 e. The number of nitrogens with one attached hydrogen (secondary N) is 1. The van der Waals surface area contributed by atoms with E-state index in [-0.39, 0.29) is 23.6 Å². The van der Waals surface area contributed by atoms with Crippen LogP contribution in [-0.4, -0.2) is 36.8 Å². The van der Waals surface area contributed by atoms with Crippen LogP contribution in [0.4, 0.5) is 0 Å². The third-order valence-corrected chi connectivity index (χ3v) is 4.67. The van der Waals surface area contributed by atoms with Crippen molar-refractivity contribution in [3.63, 3.8) is 0 Å². The minimum Gasteiger partial charge on any atom is -0.481 e. The van der Waals surface area contributed by atoms with Crippen LogP contribution in [0.25, 0.3) is 6.08 Å². The van der Waals surface area contributed by atoms with E-state index in [0.717, 1.165) is 5.56 Å². The van der Waals surface area contributed by atoms with Crippen molar-refractivity contribution in [3.05, 3.63) is 66.0 Å². The molecule has 0 saturated carbocycles. The lowest BCUT2D eigenvalue weighted by Gasteiger charge is -2.06. The zero-order valence-corrected chi connectivity index (χ0v) is 13.9. The maximum atomic E-state index is 12.1. The second-order valence-electron chi connectivity index (χ2n) is 5.05. The Labute approximate surface area is 145 Å². The van der Waals surface area contributed by atoms with Crippen LogP contribution in [0.5, 0.6) is 0 Å². The van der Waals surface area contributed by atoms with Gasteiger partial charge in [0.2, 0.25) is 10.0 Å². The van der Waals surface area contributed by atoms with E-state index in [1.807, 2.05) is 0 Å². The second kappa shape index (κ2) is 8.32. The molecule has 0 saturated heterocycles. The molecule has 0 aliphatic heterocycles. The fraction of sp³-hybridized carbons (Fsp3) is 0.118. The quantitative estimate of drug-likeness (QED) is 0.547. The second-order valence-corrected chi connectivity index (χ2v) is 6.82. The summed E-state index contributed by atoms with van der Waals surface area (Å²) in [6, 6.07) is 8.96. The highest BCUT2D eigenvalue weighted by Crippen LogP contribution is 2.12. The van der Waals surface area contributed by atoms with E-state index in [1.165, 1.54) is 30.3 Å². The van der Waals surface area contributed by atoms with Crippen molar-refractivity contribution < 1.29 is 23.1 Å². The molecular weight excluding hydrogens is 344 g/mol. The molecule has 25 heavy (non-hydrogen) atoms. The average molecular weight is 360 g/mol. The normalized spacial score (nSPS) is 11.5. The number of benzene rings is 1. The summed E-state index contributed by atoms with van der Waals surface area (Å²) in [5.41, 5.74) is 1.11. The maximum Gasteiger partial charge on any atom is 0.304 e. The van der Waals surface area contributed by atoms with Crippen molar-refractivity contribution in [1.82, 2.24) is 9.71 Å². The number of allylic oxidation sites excluding steroid dienone is 1. The van der Waals surface area contributed by atoms with Crippen molar-refractivity contribution in [2.24, 2.45) is 0 Å².